The van der Waals surface area contributed by atoms with E-state index in [1.807, 2.05) is 18.2 Å². The molecule has 3 unspecified atom stereocenters. The van der Waals surface area contributed by atoms with Crippen molar-refractivity contribution >= 4 is 5.69 Å². The van der Waals surface area contributed by atoms with Crippen molar-refractivity contribution in [3.8, 4) is 5.75 Å². The van der Waals surface area contributed by atoms with Crippen LogP contribution in [0.5, 0.6) is 5.75 Å². The van der Waals surface area contributed by atoms with Gasteiger partial charge in [-0.3, -0.25) is 0 Å². The van der Waals surface area contributed by atoms with E-state index < -0.39 is 6.10 Å². The zero-order valence-electron chi connectivity index (χ0n) is 11.8. The Bertz CT molecular complexity index is 433. The van der Waals surface area contributed by atoms with Crippen LogP contribution in [0.4, 0.5) is 5.69 Å². The van der Waals surface area contributed by atoms with E-state index in [9.17, 15) is 10.2 Å². The minimum absolute atomic E-state index is 0.115. The van der Waals surface area contributed by atoms with E-state index >= 15 is 0 Å². The topological polar surface area (TPSA) is 52.9 Å². The molecule has 19 heavy (non-hydrogen) atoms. The summed E-state index contributed by atoms with van der Waals surface area (Å²) in [5, 5.41) is 19.6. The van der Waals surface area contributed by atoms with Gasteiger partial charge in [0.15, 0.2) is 0 Å². The molecule has 0 amide bonds. The van der Waals surface area contributed by atoms with E-state index in [0.717, 1.165) is 24.2 Å². The summed E-state index contributed by atoms with van der Waals surface area (Å²) in [4.78, 5) is 2.19. The number of nitrogens with zero attached hydrogens (tertiary/aromatic N) is 1. The molecule has 4 heteroatoms. The Balaban J connectivity index is 2.44. The van der Waals surface area contributed by atoms with Gasteiger partial charge in [0.05, 0.1) is 25.9 Å². The van der Waals surface area contributed by atoms with Crippen molar-refractivity contribution in [2.75, 3.05) is 25.2 Å². The Hall–Kier alpha value is -1.26. The maximum Gasteiger partial charge on any atom is 0.126 e. The predicted molar refractivity (Wildman–Crippen MR) is 75.6 cm³/mol. The van der Waals surface area contributed by atoms with Crippen LogP contribution in [0, 0.1) is 5.92 Å². The molecule has 3 atom stereocenters. The van der Waals surface area contributed by atoms with Gasteiger partial charge >= 0.3 is 0 Å². The molecule has 2 rings (SSSR count). The van der Waals surface area contributed by atoms with Crippen LogP contribution in [-0.2, 0) is 0 Å². The van der Waals surface area contributed by atoms with Crippen LogP contribution in [-0.4, -0.2) is 36.5 Å². The van der Waals surface area contributed by atoms with Gasteiger partial charge in [-0.15, -0.1) is 0 Å². The molecule has 106 valence electrons. The van der Waals surface area contributed by atoms with Gasteiger partial charge in [-0.1, -0.05) is 13.0 Å². The lowest BCUT2D eigenvalue weighted by molar-refractivity contribution is 0.194. The SMILES string of the molecule is COc1cccc(N2CCC(C)C2CO)c1C(C)O. The minimum atomic E-state index is -0.596. The van der Waals surface area contributed by atoms with E-state index in [-0.39, 0.29) is 12.6 Å². The van der Waals surface area contributed by atoms with Gasteiger partial charge in [-0.25, -0.2) is 0 Å². The lowest BCUT2D eigenvalue weighted by Gasteiger charge is -2.30. The number of benzene rings is 1. The first-order valence-electron chi connectivity index (χ1n) is 6.82. The molecule has 0 spiro atoms. The molecule has 1 aliphatic rings. The van der Waals surface area contributed by atoms with Crippen LogP contribution in [0.15, 0.2) is 18.2 Å². The van der Waals surface area contributed by atoms with Crippen molar-refractivity contribution in [3.05, 3.63) is 23.8 Å². The molecule has 1 aliphatic heterocycles. The summed E-state index contributed by atoms with van der Waals surface area (Å²) >= 11 is 0. The monoisotopic (exact) mass is 265 g/mol. The number of ether oxygens (including phenoxy) is 1. The third-order valence-corrected chi connectivity index (χ3v) is 4.06. The van der Waals surface area contributed by atoms with Crippen LogP contribution in [0.3, 0.4) is 0 Å². The van der Waals surface area contributed by atoms with Crippen molar-refractivity contribution in [2.45, 2.75) is 32.4 Å². The lowest BCUT2D eigenvalue weighted by atomic mass is 10.0. The van der Waals surface area contributed by atoms with Gasteiger partial charge in [0, 0.05) is 17.8 Å². The van der Waals surface area contributed by atoms with Gasteiger partial charge < -0.3 is 19.8 Å². The highest BCUT2D eigenvalue weighted by Gasteiger charge is 2.33. The molecular formula is C15H23NO3. The highest BCUT2D eigenvalue weighted by molar-refractivity contribution is 5.61. The van der Waals surface area contributed by atoms with Crippen molar-refractivity contribution in [1.82, 2.24) is 0 Å². The quantitative estimate of drug-likeness (QED) is 0.874. The predicted octanol–water partition coefficient (Wildman–Crippen LogP) is 1.96. The molecule has 1 aromatic carbocycles. The van der Waals surface area contributed by atoms with Gasteiger partial charge in [-0.2, -0.15) is 0 Å². The van der Waals surface area contributed by atoms with Gasteiger partial charge in [0.1, 0.15) is 5.75 Å². The second-order valence-corrected chi connectivity index (χ2v) is 5.28. The summed E-state index contributed by atoms with van der Waals surface area (Å²) in [7, 11) is 1.61. The Morgan fingerprint density at radius 1 is 1.47 bits per heavy atom. The van der Waals surface area contributed by atoms with Gasteiger partial charge in [-0.05, 0) is 31.4 Å². The standard InChI is InChI=1S/C15H23NO3/c1-10-7-8-16(13(10)9-17)12-5-4-6-14(19-3)15(12)11(2)18/h4-6,10-11,13,17-18H,7-9H2,1-3H3. The Labute approximate surface area is 114 Å². The van der Waals surface area contributed by atoms with Crippen LogP contribution in [0.2, 0.25) is 0 Å². The molecule has 0 saturated carbocycles. The molecule has 0 aliphatic carbocycles. The first kappa shape index (κ1) is 14.2. The largest absolute Gasteiger partial charge is 0.496 e. The molecule has 0 bridgehead atoms. The zero-order valence-corrected chi connectivity index (χ0v) is 11.8. The van der Waals surface area contributed by atoms with Crippen molar-refractivity contribution in [2.24, 2.45) is 5.92 Å². The summed E-state index contributed by atoms with van der Waals surface area (Å²) in [6, 6.07) is 5.89. The molecular weight excluding hydrogens is 242 g/mol. The fourth-order valence-electron chi connectivity index (χ4n) is 2.97. The van der Waals surface area contributed by atoms with E-state index in [4.69, 9.17) is 4.74 Å². The fraction of sp³-hybridized carbons (Fsp3) is 0.600. The molecule has 2 N–H and O–H groups in total. The smallest absolute Gasteiger partial charge is 0.126 e. The molecule has 1 heterocycles. The third-order valence-electron chi connectivity index (χ3n) is 4.06. The average molecular weight is 265 g/mol. The Morgan fingerprint density at radius 3 is 2.79 bits per heavy atom. The Kier molecular flexibility index (Phi) is 4.32. The van der Waals surface area contributed by atoms with Crippen LogP contribution in [0.1, 0.15) is 31.9 Å². The number of aliphatic hydroxyl groups excluding tert-OH is 2. The first-order chi connectivity index (χ1) is 9.10. The van der Waals surface area contributed by atoms with E-state index in [1.165, 1.54) is 0 Å². The molecule has 0 radical (unpaired) electrons. The number of hydrogen-bond donors (Lipinski definition) is 2. The third kappa shape index (κ3) is 2.55. The van der Waals surface area contributed by atoms with Crippen molar-refractivity contribution < 1.29 is 14.9 Å². The molecule has 0 aromatic heterocycles. The summed E-state index contributed by atoms with van der Waals surface area (Å²) in [5.41, 5.74) is 1.77. The zero-order chi connectivity index (χ0) is 14.0. The maximum atomic E-state index is 10.0. The molecule has 4 nitrogen and oxygen atoms in total. The van der Waals surface area contributed by atoms with Crippen molar-refractivity contribution in [1.29, 1.82) is 0 Å². The summed E-state index contributed by atoms with van der Waals surface area (Å²) in [5.74, 6) is 1.15. The maximum absolute atomic E-state index is 10.0. The van der Waals surface area contributed by atoms with Crippen LogP contribution < -0.4 is 9.64 Å². The number of hydrogen-bond acceptors (Lipinski definition) is 4. The lowest BCUT2D eigenvalue weighted by Crippen LogP contribution is -2.36. The molecule has 1 fully saturated rings. The van der Waals surface area contributed by atoms with Crippen molar-refractivity contribution in [3.63, 3.8) is 0 Å². The Morgan fingerprint density at radius 2 is 2.21 bits per heavy atom. The van der Waals surface area contributed by atoms with E-state index in [0.29, 0.717) is 11.7 Å². The number of anilines is 1. The first-order valence-corrected chi connectivity index (χ1v) is 6.82. The number of rotatable bonds is 4. The molecule has 1 saturated heterocycles. The second kappa shape index (κ2) is 5.80. The summed E-state index contributed by atoms with van der Waals surface area (Å²) in [6.07, 6.45) is 0.461. The highest BCUT2D eigenvalue weighted by Crippen LogP contribution is 2.38. The number of methoxy groups -OCH3 is 1. The highest BCUT2D eigenvalue weighted by atomic mass is 16.5. The van der Waals surface area contributed by atoms with Gasteiger partial charge in [0.2, 0.25) is 0 Å². The van der Waals surface area contributed by atoms with Gasteiger partial charge in [0.25, 0.3) is 0 Å². The minimum Gasteiger partial charge on any atom is -0.496 e. The average Bonchev–Trinajstić information content (AvgIpc) is 2.78. The summed E-state index contributed by atoms with van der Waals surface area (Å²) < 4.78 is 5.35. The fourth-order valence-corrected chi connectivity index (χ4v) is 2.97. The normalized spacial score (nSPS) is 24.6. The number of aliphatic hydroxyl groups is 2. The van der Waals surface area contributed by atoms with E-state index in [2.05, 4.69) is 11.8 Å². The van der Waals surface area contributed by atoms with Crippen LogP contribution in [0.25, 0.3) is 0 Å². The van der Waals surface area contributed by atoms with Crippen LogP contribution >= 0.6 is 0 Å². The second-order valence-electron chi connectivity index (χ2n) is 5.28. The summed E-state index contributed by atoms with van der Waals surface area (Å²) in [6.45, 7) is 4.94. The molecule has 1 aromatic rings. The van der Waals surface area contributed by atoms with E-state index in [1.54, 1.807) is 14.0 Å².